The van der Waals surface area contributed by atoms with Gasteiger partial charge < -0.3 is 9.47 Å². The standard InChI is InChI=1S/C14H24O4/c1-12(2,3)13(4,5)11(16)17-9-8-10(15)18-14(9,6)7/h9H,8H2,1-7H3. The van der Waals surface area contributed by atoms with Crippen LogP contribution in [0.5, 0.6) is 0 Å². The first-order valence-electron chi connectivity index (χ1n) is 6.31. The van der Waals surface area contributed by atoms with E-state index in [-0.39, 0.29) is 23.8 Å². The summed E-state index contributed by atoms with van der Waals surface area (Å²) in [5.41, 5.74) is -1.56. The van der Waals surface area contributed by atoms with Gasteiger partial charge in [0.25, 0.3) is 0 Å². The van der Waals surface area contributed by atoms with Crippen molar-refractivity contribution in [2.75, 3.05) is 0 Å². The summed E-state index contributed by atoms with van der Waals surface area (Å²) in [4.78, 5) is 23.6. The second-order valence-electron chi connectivity index (χ2n) is 7.05. The molecule has 0 N–H and O–H groups in total. The molecule has 1 unspecified atom stereocenters. The van der Waals surface area contributed by atoms with Crippen LogP contribution < -0.4 is 0 Å². The van der Waals surface area contributed by atoms with Crippen molar-refractivity contribution >= 4 is 11.9 Å². The Morgan fingerprint density at radius 1 is 1.28 bits per heavy atom. The lowest BCUT2D eigenvalue weighted by atomic mass is 9.69. The molecule has 18 heavy (non-hydrogen) atoms. The van der Waals surface area contributed by atoms with Crippen molar-refractivity contribution in [3.8, 4) is 0 Å². The van der Waals surface area contributed by atoms with E-state index in [0.29, 0.717) is 0 Å². The molecule has 1 aliphatic rings. The number of carbonyl (C=O) groups excluding carboxylic acids is 2. The number of hydrogen-bond acceptors (Lipinski definition) is 4. The molecule has 1 saturated heterocycles. The molecule has 1 fully saturated rings. The van der Waals surface area contributed by atoms with Gasteiger partial charge in [0.15, 0.2) is 6.10 Å². The van der Waals surface area contributed by atoms with E-state index in [1.54, 1.807) is 13.8 Å². The van der Waals surface area contributed by atoms with Crippen molar-refractivity contribution in [1.82, 2.24) is 0 Å². The normalized spacial score (nSPS) is 23.7. The smallest absolute Gasteiger partial charge is 0.312 e. The fraction of sp³-hybridized carbons (Fsp3) is 0.857. The summed E-state index contributed by atoms with van der Waals surface area (Å²) in [7, 11) is 0. The van der Waals surface area contributed by atoms with Gasteiger partial charge in [-0.2, -0.15) is 0 Å². The minimum atomic E-state index is -0.735. The summed E-state index contributed by atoms with van der Waals surface area (Å²) in [6, 6.07) is 0. The van der Waals surface area contributed by atoms with E-state index < -0.39 is 17.1 Å². The van der Waals surface area contributed by atoms with Crippen LogP contribution in [0.4, 0.5) is 0 Å². The molecule has 1 rings (SSSR count). The molecule has 104 valence electrons. The summed E-state index contributed by atoms with van der Waals surface area (Å²) >= 11 is 0. The quantitative estimate of drug-likeness (QED) is 0.713. The Morgan fingerprint density at radius 3 is 2.11 bits per heavy atom. The molecule has 4 nitrogen and oxygen atoms in total. The largest absolute Gasteiger partial charge is 0.457 e. The predicted octanol–water partition coefficient (Wildman–Crippen LogP) is 2.70. The predicted molar refractivity (Wildman–Crippen MR) is 67.9 cm³/mol. The minimum Gasteiger partial charge on any atom is -0.457 e. The molecule has 0 saturated carbocycles. The average Bonchev–Trinajstić information content (AvgIpc) is 2.37. The van der Waals surface area contributed by atoms with Crippen LogP contribution in [0.1, 0.15) is 54.9 Å². The first-order chi connectivity index (χ1) is 7.88. The summed E-state index contributed by atoms with van der Waals surface area (Å²) in [6.45, 7) is 13.2. The maximum Gasteiger partial charge on any atom is 0.312 e. The summed E-state index contributed by atoms with van der Waals surface area (Å²) in [6.07, 6.45) is -0.363. The molecule has 0 radical (unpaired) electrons. The second-order valence-corrected chi connectivity index (χ2v) is 7.05. The topological polar surface area (TPSA) is 52.6 Å². The van der Waals surface area contributed by atoms with Gasteiger partial charge in [-0.25, -0.2) is 0 Å². The molecule has 0 aliphatic carbocycles. The fourth-order valence-electron chi connectivity index (χ4n) is 1.56. The summed E-state index contributed by atoms with van der Waals surface area (Å²) in [5, 5.41) is 0. The van der Waals surface area contributed by atoms with Crippen LogP contribution in [0.25, 0.3) is 0 Å². The molecule has 0 aromatic carbocycles. The van der Waals surface area contributed by atoms with Crippen molar-refractivity contribution < 1.29 is 19.1 Å². The van der Waals surface area contributed by atoms with Crippen LogP contribution >= 0.6 is 0 Å². The Kier molecular flexibility index (Phi) is 3.54. The minimum absolute atomic E-state index is 0.138. The highest BCUT2D eigenvalue weighted by atomic mass is 16.6. The average molecular weight is 256 g/mol. The highest BCUT2D eigenvalue weighted by Gasteiger charge is 2.48. The molecular formula is C14H24O4. The van der Waals surface area contributed by atoms with E-state index >= 15 is 0 Å². The van der Waals surface area contributed by atoms with Crippen molar-refractivity contribution in [3.63, 3.8) is 0 Å². The van der Waals surface area contributed by atoms with E-state index in [0.717, 1.165) is 0 Å². The third-order valence-corrected chi connectivity index (χ3v) is 4.14. The Morgan fingerprint density at radius 2 is 1.78 bits per heavy atom. The van der Waals surface area contributed by atoms with E-state index in [1.807, 2.05) is 34.6 Å². The van der Waals surface area contributed by atoms with Gasteiger partial charge in [0.05, 0.1) is 11.8 Å². The summed E-state index contributed by atoms with van der Waals surface area (Å²) in [5.74, 6) is -0.599. The van der Waals surface area contributed by atoms with Gasteiger partial charge in [-0.1, -0.05) is 20.8 Å². The SMILES string of the molecule is CC1(C)OC(=O)CC1OC(=O)C(C)(C)C(C)(C)C. The Bertz CT molecular complexity index is 360. The van der Waals surface area contributed by atoms with Crippen LogP contribution in [-0.4, -0.2) is 23.6 Å². The lowest BCUT2D eigenvalue weighted by Gasteiger charge is -2.38. The first-order valence-corrected chi connectivity index (χ1v) is 6.31. The van der Waals surface area contributed by atoms with E-state index in [9.17, 15) is 9.59 Å². The van der Waals surface area contributed by atoms with Gasteiger partial charge in [0.1, 0.15) is 5.60 Å². The van der Waals surface area contributed by atoms with Crippen molar-refractivity contribution in [3.05, 3.63) is 0 Å². The monoisotopic (exact) mass is 256 g/mol. The maximum atomic E-state index is 12.3. The number of rotatable bonds is 2. The van der Waals surface area contributed by atoms with Crippen LogP contribution in [-0.2, 0) is 19.1 Å². The van der Waals surface area contributed by atoms with Crippen LogP contribution in [0, 0.1) is 10.8 Å². The molecule has 0 amide bonds. The van der Waals surface area contributed by atoms with Crippen LogP contribution in [0.15, 0.2) is 0 Å². The molecule has 0 bridgehead atoms. The third-order valence-electron chi connectivity index (χ3n) is 4.14. The lowest BCUT2D eigenvalue weighted by molar-refractivity contribution is -0.174. The highest BCUT2D eigenvalue weighted by molar-refractivity contribution is 5.79. The maximum absolute atomic E-state index is 12.3. The van der Waals surface area contributed by atoms with Gasteiger partial charge >= 0.3 is 11.9 Å². The van der Waals surface area contributed by atoms with Gasteiger partial charge in [-0.05, 0) is 33.1 Å². The zero-order chi connectivity index (χ0) is 14.4. The zero-order valence-electron chi connectivity index (χ0n) is 12.4. The zero-order valence-corrected chi connectivity index (χ0v) is 12.4. The van der Waals surface area contributed by atoms with Gasteiger partial charge in [0, 0.05) is 0 Å². The molecule has 0 spiro atoms. The van der Waals surface area contributed by atoms with Gasteiger partial charge in [0.2, 0.25) is 0 Å². The molecule has 0 aromatic rings. The van der Waals surface area contributed by atoms with E-state index in [1.165, 1.54) is 0 Å². The number of cyclic esters (lactones) is 1. The van der Waals surface area contributed by atoms with Crippen molar-refractivity contribution in [2.24, 2.45) is 10.8 Å². The number of carbonyl (C=O) groups is 2. The Labute approximate surface area is 109 Å². The Hall–Kier alpha value is -1.06. The van der Waals surface area contributed by atoms with E-state index in [4.69, 9.17) is 9.47 Å². The second kappa shape index (κ2) is 4.25. The highest BCUT2D eigenvalue weighted by Crippen LogP contribution is 2.40. The van der Waals surface area contributed by atoms with Crippen molar-refractivity contribution in [2.45, 2.75) is 66.6 Å². The first kappa shape index (κ1) is 15.0. The number of ether oxygens (including phenoxy) is 2. The lowest BCUT2D eigenvalue weighted by Crippen LogP contribution is -2.44. The van der Waals surface area contributed by atoms with Crippen LogP contribution in [0.3, 0.4) is 0 Å². The Balaban J connectivity index is 2.81. The number of hydrogen-bond donors (Lipinski definition) is 0. The van der Waals surface area contributed by atoms with Gasteiger partial charge in [-0.15, -0.1) is 0 Å². The molecular weight excluding hydrogens is 232 g/mol. The number of esters is 2. The van der Waals surface area contributed by atoms with E-state index in [2.05, 4.69) is 0 Å². The fourth-order valence-corrected chi connectivity index (χ4v) is 1.56. The van der Waals surface area contributed by atoms with Gasteiger partial charge in [-0.3, -0.25) is 9.59 Å². The summed E-state index contributed by atoms with van der Waals surface area (Å²) < 4.78 is 10.6. The molecule has 1 heterocycles. The van der Waals surface area contributed by atoms with Crippen molar-refractivity contribution in [1.29, 1.82) is 0 Å². The van der Waals surface area contributed by atoms with Crippen LogP contribution in [0.2, 0.25) is 0 Å². The third kappa shape index (κ3) is 2.68. The molecule has 0 aromatic heterocycles. The molecule has 1 aliphatic heterocycles. The molecule has 1 atom stereocenters. The molecule has 4 heteroatoms.